The molecule has 1 aromatic carbocycles. The maximum atomic E-state index is 11.7. The van der Waals surface area contributed by atoms with Crippen molar-refractivity contribution in [2.45, 2.75) is 13.8 Å². The molecule has 112 valence electrons. The number of aliphatic carboxylic acids is 1. The summed E-state index contributed by atoms with van der Waals surface area (Å²) in [4.78, 5) is 34.2. The molecule has 21 heavy (non-hydrogen) atoms. The van der Waals surface area contributed by atoms with Crippen molar-refractivity contribution in [2.24, 2.45) is 0 Å². The average Bonchev–Trinajstić information content (AvgIpc) is 2.45. The van der Waals surface area contributed by atoms with E-state index in [-0.39, 0.29) is 11.1 Å². The Morgan fingerprint density at radius 1 is 1.10 bits per heavy atom. The summed E-state index contributed by atoms with van der Waals surface area (Å²) in [5.74, 6) is -1.55. The van der Waals surface area contributed by atoms with Gasteiger partial charge in [0.25, 0.3) is 5.91 Å². The molecule has 0 radical (unpaired) electrons. The molecule has 0 bridgehead atoms. The Morgan fingerprint density at radius 3 is 2.29 bits per heavy atom. The molecular weight excluding hydrogens is 276 g/mol. The highest BCUT2D eigenvalue weighted by atomic mass is 16.5. The molecule has 0 saturated carbocycles. The first kappa shape index (κ1) is 16.2. The number of anilines is 1. The van der Waals surface area contributed by atoms with Crippen LogP contribution in [0.25, 0.3) is 0 Å². The third kappa shape index (κ3) is 4.34. The second kappa shape index (κ2) is 7.09. The number of carboxylic acids is 1. The fraction of sp³-hybridized carbons (Fsp3) is 0.214. The topological polar surface area (TPSA) is 105 Å². The fourth-order valence-electron chi connectivity index (χ4n) is 1.43. The number of benzene rings is 1. The molecule has 0 aliphatic carbocycles. The Bertz CT molecular complexity index is 607. The van der Waals surface area contributed by atoms with Gasteiger partial charge in [0, 0.05) is 11.1 Å². The molecular formula is C14H16N2O5. The highest BCUT2D eigenvalue weighted by Gasteiger charge is 2.15. The van der Waals surface area contributed by atoms with Crippen molar-refractivity contribution in [1.29, 1.82) is 0 Å². The summed E-state index contributed by atoms with van der Waals surface area (Å²) in [7, 11) is 1.45. The minimum Gasteiger partial charge on any atom is -0.495 e. The third-order valence-corrected chi connectivity index (χ3v) is 2.81. The fourth-order valence-corrected chi connectivity index (χ4v) is 1.43. The number of carboxylic acid groups (broad SMARTS) is 1. The van der Waals surface area contributed by atoms with Crippen LogP contribution in [-0.4, -0.2) is 30.1 Å². The molecule has 1 aromatic rings. The molecule has 0 aliphatic heterocycles. The minimum absolute atomic E-state index is 0.0438. The first-order chi connectivity index (χ1) is 9.86. The normalized spacial score (nSPS) is 11.2. The van der Waals surface area contributed by atoms with E-state index in [4.69, 9.17) is 9.84 Å². The maximum absolute atomic E-state index is 11.7. The van der Waals surface area contributed by atoms with E-state index >= 15 is 0 Å². The molecule has 0 spiro atoms. The molecule has 0 aromatic heterocycles. The largest absolute Gasteiger partial charge is 0.495 e. The van der Waals surface area contributed by atoms with Gasteiger partial charge in [0.05, 0.1) is 12.8 Å². The van der Waals surface area contributed by atoms with Crippen LogP contribution in [-0.2, 0) is 9.59 Å². The molecule has 0 heterocycles. The molecule has 1 rings (SSSR count). The number of imide groups is 1. The van der Waals surface area contributed by atoms with Crippen molar-refractivity contribution >= 4 is 23.6 Å². The summed E-state index contributed by atoms with van der Waals surface area (Å²) >= 11 is 0. The van der Waals surface area contributed by atoms with Gasteiger partial charge in [-0.3, -0.25) is 10.1 Å². The lowest BCUT2D eigenvalue weighted by Gasteiger charge is -2.10. The van der Waals surface area contributed by atoms with Crippen LogP contribution in [0.5, 0.6) is 5.75 Å². The van der Waals surface area contributed by atoms with E-state index < -0.39 is 17.9 Å². The van der Waals surface area contributed by atoms with Crippen molar-refractivity contribution in [3.63, 3.8) is 0 Å². The van der Waals surface area contributed by atoms with E-state index in [1.54, 1.807) is 24.3 Å². The monoisotopic (exact) mass is 292 g/mol. The van der Waals surface area contributed by atoms with Crippen molar-refractivity contribution < 1.29 is 24.2 Å². The van der Waals surface area contributed by atoms with Crippen LogP contribution in [0.1, 0.15) is 13.8 Å². The van der Waals surface area contributed by atoms with E-state index in [2.05, 4.69) is 5.32 Å². The van der Waals surface area contributed by atoms with E-state index in [9.17, 15) is 14.4 Å². The minimum atomic E-state index is -1.22. The summed E-state index contributed by atoms with van der Waals surface area (Å²) in [6.45, 7) is 2.62. The van der Waals surface area contributed by atoms with Gasteiger partial charge in [-0.2, -0.15) is 0 Å². The number of urea groups is 1. The maximum Gasteiger partial charge on any atom is 0.331 e. The average molecular weight is 292 g/mol. The Balaban J connectivity index is 2.77. The molecule has 7 nitrogen and oxygen atoms in total. The van der Waals surface area contributed by atoms with E-state index in [1.165, 1.54) is 21.0 Å². The van der Waals surface area contributed by atoms with Gasteiger partial charge in [0.2, 0.25) is 0 Å². The summed E-state index contributed by atoms with van der Waals surface area (Å²) in [6.07, 6.45) is 0. The molecule has 0 saturated heterocycles. The lowest BCUT2D eigenvalue weighted by molar-refractivity contribution is -0.133. The van der Waals surface area contributed by atoms with Gasteiger partial charge < -0.3 is 15.2 Å². The SMILES string of the molecule is COc1ccccc1NC(=O)NC(=O)C(C)=C(C)C(=O)O. The van der Waals surface area contributed by atoms with E-state index in [0.29, 0.717) is 11.4 Å². The van der Waals surface area contributed by atoms with Gasteiger partial charge in [0.15, 0.2) is 0 Å². The van der Waals surface area contributed by atoms with Crippen LogP contribution in [0, 0.1) is 0 Å². The lowest BCUT2D eigenvalue weighted by Crippen LogP contribution is -2.35. The number of nitrogens with one attached hydrogen (secondary N) is 2. The second-order valence-electron chi connectivity index (χ2n) is 4.16. The number of hydrogen-bond donors (Lipinski definition) is 3. The van der Waals surface area contributed by atoms with Gasteiger partial charge in [-0.15, -0.1) is 0 Å². The molecule has 3 N–H and O–H groups in total. The van der Waals surface area contributed by atoms with Crippen molar-refractivity contribution in [3.05, 3.63) is 35.4 Å². The summed E-state index contributed by atoms with van der Waals surface area (Å²) < 4.78 is 5.05. The Morgan fingerprint density at radius 2 is 1.71 bits per heavy atom. The highest BCUT2D eigenvalue weighted by molar-refractivity contribution is 6.10. The second-order valence-corrected chi connectivity index (χ2v) is 4.16. The number of hydrogen-bond acceptors (Lipinski definition) is 4. The Hall–Kier alpha value is -2.83. The highest BCUT2D eigenvalue weighted by Crippen LogP contribution is 2.22. The molecule has 0 aliphatic rings. The van der Waals surface area contributed by atoms with E-state index in [0.717, 1.165) is 0 Å². The van der Waals surface area contributed by atoms with Crippen LogP contribution in [0.2, 0.25) is 0 Å². The van der Waals surface area contributed by atoms with Crippen LogP contribution >= 0.6 is 0 Å². The number of ether oxygens (including phenoxy) is 1. The molecule has 0 atom stereocenters. The van der Waals surface area contributed by atoms with Crippen LogP contribution in [0.3, 0.4) is 0 Å². The smallest absolute Gasteiger partial charge is 0.331 e. The van der Waals surface area contributed by atoms with Gasteiger partial charge in [-0.05, 0) is 26.0 Å². The molecule has 7 heteroatoms. The molecule has 0 unspecified atom stereocenters. The van der Waals surface area contributed by atoms with Crippen molar-refractivity contribution in [1.82, 2.24) is 5.32 Å². The van der Waals surface area contributed by atoms with Gasteiger partial charge in [0.1, 0.15) is 5.75 Å². The zero-order chi connectivity index (χ0) is 16.0. The standard InChI is InChI=1S/C14H16N2O5/c1-8(9(2)13(18)19)12(17)16-14(20)15-10-6-4-5-7-11(10)21-3/h4-7H,1-3H3,(H,18,19)(H2,15,16,17,20). The molecule has 0 fully saturated rings. The van der Waals surface area contributed by atoms with Crippen LogP contribution in [0.4, 0.5) is 10.5 Å². The quantitative estimate of drug-likeness (QED) is 0.733. The number of methoxy groups -OCH3 is 1. The number of carbonyl (C=O) groups is 3. The summed E-state index contributed by atoms with van der Waals surface area (Å²) in [5, 5.41) is 13.3. The predicted octanol–water partition coefficient (Wildman–Crippen LogP) is 1.76. The predicted molar refractivity (Wildman–Crippen MR) is 76.2 cm³/mol. The molecule has 3 amide bonds. The number of para-hydroxylation sites is 2. The van der Waals surface area contributed by atoms with E-state index in [1.807, 2.05) is 5.32 Å². The Labute approximate surface area is 121 Å². The van der Waals surface area contributed by atoms with Gasteiger partial charge in [-0.25, -0.2) is 9.59 Å². The van der Waals surface area contributed by atoms with Crippen LogP contribution < -0.4 is 15.4 Å². The Kier molecular flexibility index (Phi) is 5.48. The number of rotatable bonds is 4. The summed E-state index contributed by atoms with van der Waals surface area (Å²) in [6, 6.07) is 5.91. The van der Waals surface area contributed by atoms with Gasteiger partial charge in [-0.1, -0.05) is 12.1 Å². The first-order valence-corrected chi connectivity index (χ1v) is 6.03. The van der Waals surface area contributed by atoms with Crippen LogP contribution in [0.15, 0.2) is 35.4 Å². The number of carbonyl (C=O) groups excluding carboxylic acids is 2. The zero-order valence-electron chi connectivity index (χ0n) is 11.9. The van der Waals surface area contributed by atoms with Crippen molar-refractivity contribution in [3.8, 4) is 5.75 Å². The number of amides is 3. The van der Waals surface area contributed by atoms with Gasteiger partial charge >= 0.3 is 12.0 Å². The first-order valence-electron chi connectivity index (χ1n) is 6.03. The van der Waals surface area contributed by atoms with Crippen molar-refractivity contribution in [2.75, 3.05) is 12.4 Å². The summed E-state index contributed by atoms with van der Waals surface area (Å²) in [5.41, 5.74) is 0.220. The zero-order valence-corrected chi connectivity index (χ0v) is 11.9. The third-order valence-electron chi connectivity index (χ3n) is 2.81. The lowest BCUT2D eigenvalue weighted by atomic mass is 10.1.